The maximum atomic E-state index is 12.1. The third-order valence-electron chi connectivity index (χ3n) is 6.57. The second-order valence-corrected chi connectivity index (χ2v) is 9.12. The fourth-order valence-corrected chi connectivity index (χ4v) is 4.98. The lowest BCUT2D eigenvalue weighted by Crippen LogP contribution is -2.33. The molecule has 0 bridgehead atoms. The predicted octanol–water partition coefficient (Wildman–Crippen LogP) is 2.87. The number of carboxylic acids is 1. The fourth-order valence-electron chi connectivity index (χ4n) is 4.98. The summed E-state index contributed by atoms with van der Waals surface area (Å²) in [7, 11) is 0. The lowest BCUT2D eigenvalue weighted by molar-refractivity contribution is -0.0593. The molecule has 4 heterocycles. The zero-order chi connectivity index (χ0) is 21.3. The monoisotopic (exact) mass is 412 g/mol. The van der Waals surface area contributed by atoms with Crippen LogP contribution in [0.1, 0.15) is 67.8 Å². The van der Waals surface area contributed by atoms with E-state index in [1.54, 1.807) is 10.6 Å². The maximum Gasteiger partial charge on any atom is 0.438 e. The van der Waals surface area contributed by atoms with Gasteiger partial charge in [-0.05, 0) is 62.6 Å². The maximum absolute atomic E-state index is 12.1. The average molecular weight is 412 g/mol. The minimum atomic E-state index is -1.05. The van der Waals surface area contributed by atoms with Crippen LogP contribution in [-0.4, -0.2) is 43.0 Å². The molecular weight excluding hydrogens is 388 g/mol. The molecule has 2 fully saturated rings. The quantitative estimate of drug-likeness (QED) is 0.675. The minimum Gasteiger partial charge on any atom is -0.477 e. The van der Waals surface area contributed by atoms with Crippen molar-refractivity contribution < 1.29 is 19.2 Å². The lowest BCUT2D eigenvalue weighted by Gasteiger charge is -2.35. The highest BCUT2D eigenvalue weighted by atomic mass is 16.5. The van der Waals surface area contributed by atoms with Gasteiger partial charge in [0, 0.05) is 18.2 Å². The molecule has 3 aromatic rings. The number of aromatic carboxylic acids is 1. The number of pyridine rings is 1. The van der Waals surface area contributed by atoms with E-state index in [1.807, 2.05) is 19.2 Å². The molecular formula is C21H24N4O5. The van der Waals surface area contributed by atoms with Gasteiger partial charge in [0.25, 0.3) is 0 Å². The molecule has 3 atom stereocenters. The second-order valence-electron chi connectivity index (χ2n) is 9.12. The molecule has 5 rings (SSSR count). The van der Waals surface area contributed by atoms with Crippen LogP contribution in [0.25, 0.3) is 11.0 Å². The highest BCUT2D eigenvalue weighted by Crippen LogP contribution is 2.55. The number of carboxylic acid groups (broad SMARTS) is 1. The number of nitrogens with one attached hydrogen (secondary N) is 1. The number of hydrogen-bond donors (Lipinski definition) is 2. The molecule has 9 heteroatoms. The van der Waals surface area contributed by atoms with E-state index in [1.165, 1.54) is 0 Å². The summed E-state index contributed by atoms with van der Waals surface area (Å²) in [6, 6.07) is 3.69. The van der Waals surface area contributed by atoms with Gasteiger partial charge < -0.3 is 14.4 Å². The van der Waals surface area contributed by atoms with Crippen LogP contribution in [-0.2, 0) is 10.3 Å². The van der Waals surface area contributed by atoms with Crippen LogP contribution in [0, 0.1) is 5.92 Å². The predicted molar refractivity (Wildman–Crippen MR) is 107 cm³/mol. The summed E-state index contributed by atoms with van der Waals surface area (Å²) in [5.74, 6) is -0.995. The van der Waals surface area contributed by atoms with Crippen LogP contribution in [0.4, 0.5) is 0 Å². The number of carbonyl (C=O) groups is 1. The van der Waals surface area contributed by atoms with Gasteiger partial charge in [0.1, 0.15) is 16.9 Å². The first-order chi connectivity index (χ1) is 14.2. The van der Waals surface area contributed by atoms with Crippen molar-refractivity contribution in [3.8, 4) is 0 Å². The van der Waals surface area contributed by atoms with Gasteiger partial charge in [-0.1, -0.05) is 12.1 Å². The number of aromatic nitrogens is 4. The Morgan fingerprint density at radius 3 is 2.70 bits per heavy atom. The molecule has 9 nitrogen and oxygen atoms in total. The second kappa shape index (κ2) is 6.28. The molecule has 1 saturated heterocycles. The SMILES string of the molecule is CC1CC1(c1noc(=O)[nH]1)n1c(C(=O)O)cc2cc(C3CCOC(C)(C)C3)cnc21. The van der Waals surface area contributed by atoms with Crippen LogP contribution in [0.5, 0.6) is 0 Å². The van der Waals surface area contributed by atoms with E-state index in [-0.39, 0.29) is 17.2 Å². The van der Waals surface area contributed by atoms with Crippen molar-refractivity contribution in [2.75, 3.05) is 6.61 Å². The number of nitrogens with zero attached hydrogens (tertiary/aromatic N) is 3. The summed E-state index contributed by atoms with van der Waals surface area (Å²) < 4.78 is 12.2. The van der Waals surface area contributed by atoms with Crippen LogP contribution in [0.15, 0.2) is 27.6 Å². The molecule has 1 aliphatic carbocycles. The van der Waals surface area contributed by atoms with Crippen LogP contribution in [0.3, 0.4) is 0 Å². The summed E-state index contributed by atoms with van der Waals surface area (Å²) in [5, 5.41) is 14.5. The topological polar surface area (TPSA) is 123 Å². The third kappa shape index (κ3) is 2.79. The van der Waals surface area contributed by atoms with E-state index in [9.17, 15) is 14.7 Å². The molecule has 158 valence electrons. The van der Waals surface area contributed by atoms with Gasteiger partial charge >= 0.3 is 11.7 Å². The van der Waals surface area contributed by atoms with Gasteiger partial charge in [0.15, 0.2) is 5.82 Å². The Morgan fingerprint density at radius 2 is 2.10 bits per heavy atom. The summed E-state index contributed by atoms with van der Waals surface area (Å²) in [5.41, 5.74) is 0.797. The number of fused-ring (bicyclic) bond motifs is 1. The van der Waals surface area contributed by atoms with Gasteiger partial charge in [-0.25, -0.2) is 14.6 Å². The summed E-state index contributed by atoms with van der Waals surface area (Å²) in [6.07, 6.45) is 4.26. The third-order valence-corrected chi connectivity index (χ3v) is 6.57. The highest BCUT2D eigenvalue weighted by Gasteiger charge is 2.59. The fraction of sp³-hybridized carbons (Fsp3) is 0.524. The zero-order valence-corrected chi connectivity index (χ0v) is 17.1. The molecule has 3 unspecified atom stereocenters. The largest absolute Gasteiger partial charge is 0.477 e. The first-order valence-electron chi connectivity index (χ1n) is 10.2. The van der Waals surface area contributed by atoms with Crippen molar-refractivity contribution in [3.05, 3.63) is 46.0 Å². The molecule has 0 amide bonds. The van der Waals surface area contributed by atoms with Crippen molar-refractivity contribution in [1.29, 1.82) is 0 Å². The Hall–Kier alpha value is -2.94. The van der Waals surface area contributed by atoms with E-state index >= 15 is 0 Å². The van der Waals surface area contributed by atoms with Crippen molar-refractivity contribution in [2.24, 2.45) is 5.92 Å². The van der Waals surface area contributed by atoms with Crippen LogP contribution in [0.2, 0.25) is 0 Å². The van der Waals surface area contributed by atoms with Crippen LogP contribution < -0.4 is 5.76 Å². The Bertz CT molecular complexity index is 1210. The summed E-state index contributed by atoms with van der Waals surface area (Å²) in [4.78, 5) is 31.0. The summed E-state index contributed by atoms with van der Waals surface area (Å²) in [6.45, 7) is 6.85. The Balaban J connectivity index is 1.65. The highest BCUT2D eigenvalue weighted by molar-refractivity contribution is 5.94. The molecule has 1 saturated carbocycles. The molecule has 3 aromatic heterocycles. The average Bonchev–Trinajstić information content (AvgIpc) is 3.03. The Kier molecular flexibility index (Phi) is 3.99. The first-order valence-corrected chi connectivity index (χ1v) is 10.2. The standard InChI is InChI=1S/C21H24N4O5/c1-11-8-21(11,18-23-19(28)30-24-18)25-15(17(26)27)7-13-6-14(10-22-16(13)25)12-4-5-29-20(2,3)9-12/h6-7,10-12H,4-5,8-9H2,1-3H3,(H,26,27)(H,23,24,28). The molecule has 0 radical (unpaired) electrons. The molecule has 2 aliphatic rings. The molecule has 30 heavy (non-hydrogen) atoms. The normalized spacial score (nSPS) is 28.0. The van der Waals surface area contributed by atoms with Gasteiger partial charge in [-0.15, -0.1) is 0 Å². The molecule has 0 spiro atoms. The van der Waals surface area contributed by atoms with Gasteiger partial charge in [0.05, 0.1) is 5.60 Å². The van der Waals surface area contributed by atoms with E-state index in [2.05, 4.69) is 29.0 Å². The summed E-state index contributed by atoms with van der Waals surface area (Å²) >= 11 is 0. The zero-order valence-electron chi connectivity index (χ0n) is 17.1. The first kappa shape index (κ1) is 19.0. The van der Waals surface area contributed by atoms with Crippen molar-refractivity contribution in [2.45, 2.75) is 57.1 Å². The number of ether oxygens (including phenoxy) is 1. The number of H-pyrrole nitrogens is 1. The number of aromatic amines is 1. The van der Waals surface area contributed by atoms with Gasteiger partial charge in [-0.3, -0.25) is 9.51 Å². The van der Waals surface area contributed by atoms with Crippen molar-refractivity contribution in [3.63, 3.8) is 0 Å². The van der Waals surface area contributed by atoms with Crippen molar-refractivity contribution >= 4 is 17.0 Å². The Morgan fingerprint density at radius 1 is 1.33 bits per heavy atom. The van der Waals surface area contributed by atoms with Crippen molar-refractivity contribution in [1.82, 2.24) is 19.7 Å². The number of rotatable bonds is 4. The van der Waals surface area contributed by atoms with Gasteiger partial charge in [-0.2, -0.15) is 0 Å². The van der Waals surface area contributed by atoms with E-state index in [4.69, 9.17) is 9.26 Å². The minimum absolute atomic E-state index is 0.0738. The van der Waals surface area contributed by atoms with Gasteiger partial charge in [0.2, 0.25) is 0 Å². The molecule has 1 aliphatic heterocycles. The Labute approximate surface area is 172 Å². The number of hydrogen-bond acceptors (Lipinski definition) is 6. The van der Waals surface area contributed by atoms with E-state index in [0.29, 0.717) is 30.4 Å². The lowest BCUT2D eigenvalue weighted by atomic mass is 9.84. The molecule has 2 N–H and O–H groups in total. The smallest absolute Gasteiger partial charge is 0.438 e. The van der Waals surface area contributed by atoms with Crippen LogP contribution >= 0.6 is 0 Å². The molecule has 0 aromatic carbocycles. The van der Waals surface area contributed by atoms with E-state index in [0.717, 1.165) is 23.8 Å². The van der Waals surface area contributed by atoms with E-state index < -0.39 is 17.3 Å².